The lowest BCUT2D eigenvalue weighted by Crippen LogP contribution is -2.38. The van der Waals surface area contributed by atoms with E-state index in [2.05, 4.69) is 32.6 Å². The van der Waals surface area contributed by atoms with Crippen molar-refractivity contribution < 1.29 is 4.74 Å². The Morgan fingerprint density at radius 2 is 2.24 bits per heavy atom. The molecule has 1 aliphatic rings. The van der Waals surface area contributed by atoms with Crippen LogP contribution in [-0.4, -0.2) is 39.1 Å². The van der Waals surface area contributed by atoms with E-state index in [1.54, 1.807) is 0 Å². The lowest BCUT2D eigenvalue weighted by molar-refractivity contribution is -0.0360. The summed E-state index contributed by atoms with van der Waals surface area (Å²) in [6.45, 7) is 6.66. The van der Waals surface area contributed by atoms with Crippen molar-refractivity contribution >= 4 is 0 Å². The Labute approximate surface area is 125 Å². The fraction of sp³-hybridized carbons (Fsp3) is 0.500. The zero-order chi connectivity index (χ0) is 14.5. The van der Waals surface area contributed by atoms with E-state index in [0.717, 1.165) is 50.7 Å². The van der Waals surface area contributed by atoms with Gasteiger partial charge in [-0.3, -0.25) is 9.88 Å². The molecule has 0 unspecified atom stereocenters. The quantitative estimate of drug-likeness (QED) is 0.845. The molecule has 3 heterocycles. The molecule has 5 heteroatoms. The molecule has 1 fully saturated rings. The summed E-state index contributed by atoms with van der Waals surface area (Å²) >= 11 is 0. The summed E-state index contributed by atoms with van der Waals surface area (Å²) in [6, 6.07) is 5.98. The van der Waals surface area contributed by atoms with Crippen LogP contribution in [0, 0.1) is 0 Å². The minimum atomic E-state index is 0.0644. The largest absolute Gasteiger partial charge is 0.369 e. The number of aryl methyl sites for hydroxylation is 1. The number of morpholine rings is 1. The van der Waals surface area contributed by atoms with E-state index in [1.165, 1.54) is 0 Å². The van der Waals surface area contributed by atoms with Crippen LogP contribution in [0.2, 0.25) is 0 Å². The summed E-state index contributed by atoms with van der Waals surface area (Å²) in [5.41, 5.74) is 1.01. The van der Waals surface area contributed by atoms with Crippen molar-refractivity contribution in [1.82, 2.24) is 19.4 Å². The normalized spacial score (nSPS) is 19.8. The van der Waals surface area contributed by atoms with Crippen LogP contribution >= 0.6 is 0 Å². The fourth-order valence-corrected chi connectivity index (χ4v) is 2.73. The SMILES string of the molecule is CCCn1ccnc1CN1CCO[C@@H](c2ccccn2)C1. The molecule has 1 atom stereocenters. The van der Waals surface area contributed by atoms with Gasteiger partial charge < -0.3 is 9.30 Å². The van der Waals surface area contributed by atoms with E-state index < -0.39 is 0 Å². The van der Waals surface area contributed by atoms with Crippen LogP contribution in [0.1, 0.15) is 31.0 Å². The van der Waals surface area contributed by atoms with Gasteiger partial charge in [0.05, 0.1) is 18.8 Å². The highest BCUT2D eigenvalue weighted by Gasteiger charge is 2.23. The second kappa shape index (κ2) is 6.83. The first-order valence-electron chi connectivity index (χ1n) is 7.61. The molecule has 112 valence electrons. The highest BCUT2D eigenvalue weighted by Crippen LogP contribution is 2.21. The van der Waals surface area contributed by atoms with Gasteiger partial charge in [-0.2, -0.15) is 0 Å². The predicted octanol–water partition coefficient (Wildman–Crippen LogP) is 2.26. The van der Waals surface area contributed by atoms with Crippen LogP contribution in [0.5, 0.6) is 0 Å². The lowest BCUT2D eigenvalue weighted by Gasteiger charge is -2.32. The highest BCUT2D eigenvalue weighted by molar-refractivity contribution is 5.08. The van der Waals surface area contributed by atoms with Gasteiger partial charge in [-0.15, -0.1) is 0 Å². The molecule has 1 saturated heterocycles. The number of nitrogens with zero attached hydrogens (tertiary/aromatic N) is 4. The number of imidazole rings is 1. The fourth-order valence-electron chi connectivity index (χ4n) is 2.73. The summed E-state index contributed by atoms with van der Waals surface area (Å²) in [5.74, 6) is 1.14. The molecular weight excluding hydrogens is 264 g/mol. The number of hydrogen-bond donors (Lipinski definition) is 0. The molecule has 3 rings (SSSR count). The van der Waals surface area contributed by atoms with Crippen LogP contribution in [0.4, 0.5) is 0 Å². The Bertz CT molecular complexity index is 554. The third-order valence-electron chi connectivity index (χ3n) is 3.80. The van der Waals surface area contributed by atoms with Crippen molar-refractivity contribution in [2.75, 3.05) is 19.7 Å². The molecule has 0 N–H and O–H groups in total. The van der Waals surface area contributed by atoms with Crippen molar-refractivity contribution in [2.45, 2.75) is 32.5 Å². The lowest BCUT2D eigenvalue weighted by atomic mass is 10.2. The third kappa shape index (κ3) is 3.49. The second-order valence-corrected chi connectivity index (χ2v) is 5.39. The summed E-state index contributed by atoms with van der Waals surface area (Å²) in [5, 5.41) is 0. The van der Waals surface area contributed by atoms with Gasteiger partial charge in [0.1, 0.15) is 11.9 Å². The molecule has 0 aliphatic carbocycles. The van der Waals surface area contributed by atoms with Crippen molar-refractivity contribution in [1.29, 1.82) is 0 Å². The van der Waals surface area contributed by atoms with Crippen molar-refractivity contribution in [3.05, 3.63) is 48.3 Å². The molecule has 2 aromatic heterocycles. The van der Waals surface area contributed by atoms with E-state index in [0.29, 0.717) is 0 Å². The minimum absolute atomic E-state index is 0.0644. The molecule has 0 saturated carbocycles. The van der Waals surface area contributed by atoms with Crippen LogP contribution < -0.4 is 0 Å². The van der Waals surface area contributed by atoms with E-state index in [-0.39, 0.29) is 6.10 Å². The van der Waals surface area contributed by atoms with Crippen molar-refractivity contribution in [3.63, 3.8) is 0 Å². The first-order valence-corrected chi connectivity index (χ1v) is 7.61. The molecule has 21 heavy (non-hydrogen) atoms. The molecule has 1 aliphatic heterocycles. The molecular formula is C16H22N4O. The van der Waals surface area contributed by atoms with Crippen molar-refractivity contribution in [3.8, 4) is 0 Å². The molecule has 0 spiro atoms. The molecule has 0 aromatic carbocycles. The average Bonchev–Trinajstić information content (AvgIpc) is 2.96. The van der Waals surface area contributed by atoms with Gasteiger partial charge in [-0.25, -0.2) is 4.98 Å². The van der Waals surface area contributed by atoms with E-state index in [1.807, 2.05) is 30.6 Å². The maximum Gasteiger partial charge on any atom is 0.122 e. The maximum atomic E-state index is 5.86. The Hall–Kier alpha value is -1.72. The van der Waals surface area contributed by atoms with Gasteiger partial charge in [0.25, 0.3) is 0 Å². The minimum Gasteiger partial charge on any atom is -0.369 e. The van der Waals surface area contributed by atoms with Crippen LogP contribution in [0.3, 0.4) is 0 Å². The van der Waals surface area contributed by atoms with E-state index in [9.17, 15) is 0 Å². The molecule has 0 radical (unpaired) electrons. The number of ether oxygens (including phenoxy) is 1. The number of hydrogen-bond acceptors (Lipinski definition) is 4. The highest BCUT2D eigenvalue weighted by atomic mass is 16.5. The van der Waals surface area contributed by atoms with Crippen molar-refractivity contribution in [2.24, 2.45) is 0 Å². The Morgan fingerprint density at radius 1 is 1.29 bits per heavy atom. The van der Waals surface area contributed by atoms with E-state index >= 15 is 0 Å². The molecule has 0 amide bonds. The standard InChI is InChI=1S/C16H22N4O/c1-2-8-20-9-7-18-16(20)13-19-10-11-21-15(12-19)14-5-3-4-6-17-14/h3-7,9,15H,2,8,10-13H2,1H3/t15-/m1/s1. The summed E-state index contributed by atoms with van der Waals surface area (Å²) < 4.78 is 8.10. The smallest absolute Gasteiger partial charge is 0.122 e. The van der Waals surface area contributed by atoms with E-state index in [4.69, 9.17) is 4.74 Å². The Kier molecular flexibility index (Phi) is 4.62. The Balaban J connectivity index is 1.65. The van der Waals surface area contributed by atoms with Crippen LogP contribution in [0.15, 0.2) is 36.8 Å². The van der Waals surface area contributed by atoms with Gasteiger partial charge in [-0.05, 0) is 18.6 Å². The molecule has 5 nitrogen and oxygen atoms in total. The number of pyridine rings is 1. The maximum absolute atomic E-state index is 5.86. The third-order valence-corrected chi connectivity index (χ3v) is 3.80. The van der Waals surface area contributed by atoms with Gasteiger partial charge in [0.15, 0.2) is 0 Å². The second-order valence-electron chi connectivity index (χ2n) is 5.39. The predicted molar refractivity (Wildman–Crippen MR) is 80.7 cm³/mol. The average molecular weight is 286 g/mol. The number of aromatic nitrogens is 3. The van der Waals surface area contributed by atoms with Gasteiger partial charge >= 0.3 is 0 Å². The monoisotopic (exact) mass is 286 g/mol. The van der Waals surface area contributed by atoms with Gasteiger partial charge in [-0.1, -0.05) is 13.0 Å². The van der Waals surface area contributed by atoms with Gasteiger partial charge in [0.2, 0.25) is 0 Å². The summed E-state index contributed by atoms with van der Waals surface area (Å²) in [7, 11) is 0. The zero-order valence-electron chi connectivity index (χ0n) is 12.5. The Morgan fingerprint density at radius 3 is 3.05 bits per heavy atom. The van der Waals surface area contributed by atoms with Crippen LogP contribution in [0.25, 0.3) is 0 Å². The first-order chi connectivity index (χ1) is 10.4. The molecule has 0 bridgehead atoms. The number of rotatable bonds is 5. The van der Waals surface area contributed by atoms with Gasteiger partial charge in [0, 0.05) is 38.2 Å². The summed E-state index contributed by atoms with van der Waals surface area (Å²) in [4.78, 5) is 11.3. The zero-order valence-corrected chi connectivity index (χ0v) is 12.5. The first kappa shape index (κ1) is 14.2. The molecule has 2 aromatic rings. The summed E-state index contributed by atoms with van der Waals surface area (Å²) in [6.07, 6.45) is 6.97. The topological polar surface area (TPSA) is 43.2 Å². The van der Waals surface area contributed by atoms with Crippen LogP contribution in [-0.2, 0) is 17.8 Å².